The van der Waals surface area contributed by atoms with Gasteiger partial charge in [0.15, 0.2) is 0 Å². The van der Waals surface area contributed by atoms with E-state index in [0.717, 1.165) is 36.2 Å². The van der Waals surface area contributed by atoms with Gasteiger partial charge in [-0.2, -0.15) is 13.2 Å². The van der Waals surface area contributed by atoms with Crippen molar-refractivity contribution in [3.63, 3.8) is 0 Å². The molecular formula is C19H21F3N4O6. The lowest BCUT2D eigenvalue weighted by Gasteiger charge is -2.22. The minimum Gasteiger partial charge on any atom is -0.467 e. The van der Waals surface area contributed by atoms with Crippen molar-refractivity contribution in [3.05, 3.63) is 51.7 Å². The zero-order valence-electron chi connectivity index (χ0n) is 17.6. The van der Waals surface area contributed by atoms with Crippen LogP contribution in [-0.2, 0) is 26.9 Å². The van der Waals surface area contributed by atoms with E-state index in [-0.39, 0.29) is 11.3 Å². The first-order chi connectivity index (χ1) is 14.7. The number of alkyl halides is 3. The molecule has 1 N–H and O–H groups in total. The first-order valence-corrected chi connectivity index (χ1v) is 9.19. The van der Waals surface area contributed by atoms with Crippen molar-refractivity contribution in [2.45, 2.75) is 45.0 Å². The molecule has 0 radical (unpaired) electrons. The maximum Gasteiger partial charge on any atom is 0.416 e. The molecule has 0 saturated carbocycles. The minimum absolute atomic E-state index is 0.0797. The number of carbonyl (C=O) groups excluding carboxylic acids is 2. The summed E-state index contributed by atoms with van der Waals surface area (Å²) < 4.78 is 49.6. The van der Waals surface area contributed by atoms with Crippen molar-refractivity contribution >= 4 is 17.9 Å². The Hall–Kier alpha value is -3.64. The number of hydrogen-bond acceptors (Lipinski definition) is 7. The average molecular weight is 458 g/mol. The molecule has 10 nitrogen and oxygen atoms in total. The third-order valence-electron chi connectivity index (χ3n) is 3.98. The fourth-order valence-corrected chi connectivity index (χ4v) is 2.66. The number of hydrogen-bond donors (Lipinski definition) is 1. The number of ether oxygens (including phenoxy) is 2. The van der Waals surface area contributed by atoms with Crippen molar-refractivity contribution < 1.29 is 37.2 Å². The highest BCUT2D eigenvalue weighted by molar-refractivity contribution is 5.81. The molecule has 0 bridgehead atoms. The maximum absolute atomic E-state index is 13.0. The Balaban J connectivity index is 2.39. The number of nitro groups is 1. The Bertz CT molecular complexity index is 1010. The topological polar surface area (TPSA) is 126 Å². The number of rotatable bonds is 6. The van der Waals surface area contributed by atoms with Gasteiger partial charge < -0.3 is 24.9 Å². The quantitative estimate of drug-likeness (QED) is 0.399. The van der Waals surface area contributed by atoms with Crippen molar-refractivity contribution in [3.8, 4) is 5.69 Å². The predicted molar refractivity (Wildman–Crippen MR) is 104 cm³/mol. The summed E-state index contributed by atoms with van der Waals surface area (Å²) in [4.78, 5) is 34.8. The Morgan fingerprint density at radius 2 is 1.94 bits per heavy atom. The van der Waals surface area contributed by atoms with Gasteiger partial charge in [0.05, 0.1) is 35.2 Å². The molecule has 0 aliphatic carbocycles. The third-order valence-corrected chi connectivity index (χ3v) is 3.98. The molecular weight excluding hydrogens is 437 g/mol. The van der Waals surface area contributed by atoms with Crippen LogP contribution in [0.1, 0.15) is 31.9 Å². The van der Waals surface area contributed by atoms with Gasteiger partial charge in [0.25, 0.3) is 0 Å². The van der Waals surface area contributed by atoms with Gasteiger partial charge in [-0.3, -0.25) is 0 Å². The Labute approximate surface area is 180 Å². The van der Waals surface area contributed by atoms with Gasteiger partial charge in [0.2, 0.25) is 0 Å². The second kappa shape index (κ2) is 9.24. The molecule has 0 aliphatic heterocycles. The van der Waals surface area contributed by atoms with E-state index in [1.54, 1.807) is 20.8 Å². The number of nitrogens with one attached hydrogen (secondary N) is 1. The second-order valence-electron chi connectivity index (χ2n) is 7.65. The summed E-state index contributed by atoms with van der Waals surface area (Å²) in [6.07, 6.45) is -4.88. The first-order valence-electron chi connectivity index (χ1n) is 9.19. The molecule has 32 heavy (non-hydrogen) atoms. The summed E-state index contributed by atoms with van der Waals surface area (Å²) >= 11 is 0. The van der Waals surface area contributed by atoms with Crippen LogP contribution in [0.3, 0.4) is 0 Å². The molecule has 1 aromatic heterocycles. The second-order valence-corrected chi connectivity index (χ2v) is 7.65. The van der Waals surface area contributed by atoms with E-state index in [2.05, 4.69) is 15.2 Å². The number of carbonyl (C=O) groups is 2. The molecule has 13 heteroatoms. The van der Waals surface area contributed by atoms with E-state index >= 15 is 0 Å². The van der Waals surface area contributed by atoms with Gasteiger partial charge in [-0.05, 0) is 43.9 Å². The van der Waals surface area contributed by atoms with Gasteiger partial charge in [-0.15, -0.1) is 4.68 Å². The summed E-state index contributed by atoms with van der Waals surface area (Å²) in [5.74, 6) is -1.60. The lowest BCUT2D eigenvalue weighted by molar-refractivity contribution is -0.390. The van der Waals surface area contributed by atoms with Crippen molar-refractivity contribution in [2.75, 3.05) is 7.11 Å². The van der Waals surface area contributed by atoms with E-state index in [4.69, 9.17) is 4.74 Å². The highest BCUT2D eigenvalue weighted by atomic mass is 19.4. The van der Waals surface area contributed by atoms with Gasteiger partial charge >= 0.3 is 24.1 Å². The number of esters is 1. The standard InChI is InChI=1S/C19H21F3N4O6/c1-18(2,3)32-17(28)23-14(16(27)31-4)8-11-10-25(24-15(11)26(29)30)13-7-5-6-12(9-13)19(20,21)22/h5-7,9-10,14H,8H2,1-4H3,(H,23,28)/t14-/m0/s1. The predicted octanol–water partition coefficient (Wildman–Crippen LogP) is 3.41. The molecule has 2 aromatic rings. The van der Waals surface area contributed by atoms with Crippen LogP contribution in [0.15, 0.2) is 30.5 Å². The number of amides is 1. The normalized spacial score (nSPS) is 12.7. The number of benzene rings is 1. The average Bonchev–Trinajstić information content (AvgIpc) is 3.09. The third kappa shape index (κ3) is 6.43. The molecule has 0 unspecified atom stereocenters. The molecule has 0 aliphatic rings. The van der Waals surface area contributed by atoms with E-state index < -0.39 is 52.6 Å². The molecule has 1 aromatic carbocycles. The van der Waals surface area contributed by atoms with Crippen LogP contribution in [-0.4, -0.2) is 45.5 Å². The smallest absolute Gasteiger partial charge is 0.416 e. The Kier molecular flexibility index (Phi) is 7.11. The SMILES string of the molecule is COC(=O)[C@H](Cc1cn(-c2cccc(C(F)(F)F)c2)nc1[N+](=O)[O-])NC(=O)OC(C)(C)C. The Morgan fingerprint density at radius 1 is 1.28 bits per heavy atom. The van der Waals surface area contributed by atoms with Crippen LogP contribution in [0.2, 0.25) is 0 Å². The van der Waals surface area contributed by atoms with Crippen molar-refractivity contribution in [1.82, 2.24) is 15.1 Å². The number of methoxy groups -OCH3 is 1. The van der Waals surface area contributed by atoms with Crippen LogP contribution in [0.5, 0.6) is 0 Å². The van der Waals surface area contributed by atoms with E-state index in [1.807, 2.05) is 0 Å². The number of halogens is 3. The summed E-state index contributed by atoms with van der Waals surface area (Å²) in [6.45, 7) is 4.80. The van der Waals surface area contributed by atoms with E-state index in [1.165, 1.54) is 6.07 Å². The zero-order chi connectivity index (χ0) is 24.3. The fourth-order valence-electron chi connectivity index (χ4n) is 2.66. The number of nitrogens with zero attached hydrogens (tertiary/aromatic N) is 3. The van der Waals surface area contributed by atoms with Crippen molar-refractivity contribution in [2.24, 2.45) is 0 Å². The zero-order valence-corrected chi connectivity index (χ0v) is 17.6. The summed E-state index contributed by atoms with van der Waals surface area (Å²) in [6, 6.07) is 2.67. The van der Waals surface area contributed by atoms with Crippen LogP contribution in [0.25, 0.3) is 5.69 Å². The van der Waals surface area contributed by atoms with Gasteiger partial charge in [0.1, 0.15) is 11.6 Å². The maximum atomic E-state index is 13.0. The van der Waals surface area contributed by atoms with Crippen LogP contribution >= 0.6 is 0 Å². The molecule has 0 fully saturated rings. The lowest BCUT2D eigenvalue weighted by atomic mass is 10.1. The van der Waals surface area contributed by atoms with Crippen LogP contribution in [0, 0.1) is 10.1 Å². The van der Waals surface area contributed by atoms with Crippen molar-refractivity contribution in [1.29, 1.82) is 0 Å². The molecule has 174 valence electrons. The number of alkyl carbamates (subject to hydrolysis) is 1. The first kappa shape index (κ1) is 24.6. The number of aromatic nitrogens is 2. The molecule has 2 rings (SSSR count). The molecule has 0 saturated heterocycles. The largest absolute Gasteiger partial charge is 0.467 e. The van der Waals surface area contributed by atoms with Gasteiger partial charge in [-0.1, -0.05) is 6.07 Å². The summed E-state index contributed by atoms with van der Waals surface area (Å²) in [5.41, 5.74) is -2.03. The van der Waals surface area contributed by atoms with Gasteiger partial charge in [0, 0.05) is 6.42 Å². The highest BCUT2D eigenvalue weighted by Crippen LogP contribution is 2.31. The van der Waals surface area contributed by atoms with Crippen LogP contribution < -0.4 is 5.32 Å². The monoisotopic (exact) mass is 458 g/mol. The van der Waals surface area contributed by atoms with E-state index in [9.17, 15) is 32.9 Å². The lowest BCUT2D eigenvalue weighted by Crippen LogP contribution is -2.45. The minimum atomic E-state index is -4.62. The fraction of sp³-hybridized carbons (Fsp3) is 0.421. The van der Waals surface area contributed by atoms with E-state index in [0.29, 0.717) is 0 Å². The highest BCUT2D eigenvalue weighted by Gasteiger charge is 2.33. The summed E-state index contributed by atoms with van der Waals surface area (Å²) in [5, 5.41) is 17.5. The molecule has 1 atom stereocenters. The van der Waals surface area contributed by atoms with Gasteiger partial charge in [-0.25, -0.2) is 9.59 Å². The summed E-state index contributed by atoms with van der Waals surface area (Å²) in [7, 11) is 1.06. The van der Waals surface area contributed by atoms with Crippen LogP contribution in [0.4, 0.5) is 23.8 Å². The Morgan fingerprint density at radius 3 is 2.47 bits per heavy atom. The molecule has 1 amide bonds. The molecule has 0 spiro atoms. The molecule has 1 heterocycles.